The fraction of sp³-hybridized carbons (Fsp3) is 0.333. The van der Waals surface area contributed by atoms with Gasteiger partial charge in [-0.15, -0.1) is 0 Å². The van der Waals surface area contributed by atoms with Crippen molar-refractivity contribution in [2.75, 3.05) is 14.2 Å². The third-order valence-corrected chi connectivity index (χ3v) is 6.50. The van der Waals surface area contributed by atoms with E-state index in [1.807, 2.05) is 36.4 Å². The van der Waals surface area contributed by atoms with E-state index < -0.39 is 12.1 Å². The second-order valence-corrected chi connectivity index (χ2v) is 9.26. The molecule has 0 saturated carbocycles. The molecular formula is C30H34N2O6. The largest absolute Gasteiger partial charge is 0.497 e. The van der Waals surface area contributed by atoms with E-state index in [0.717, 1.165) is 40.6 Å². The molecular weight excluding hydrogens is 484 g/mol. The number of benzene rings is 3. The minimum atomic E-state index is -1.26. The first-order valence-electron chi connectivity index (χ1n) is 12.8. The van der Waals surface area contributed by atoms with Crippen LogP contribution in [0.25, 0.3) is 11.0 Å². The molecule has 0 spiro atoms. The maximum Gasteiger partial charge on any atom is 0.349 e. The Labute approximate surface area is 221 Å². The number of nitrogens with zero attached hydrogens (tertiary/aromatic N) is 1. The van der Waals surface area contributed by atoms with Gasteiger partial charge in [-0.25, -0.2) is 9.59 Å². The predicted molar refractivity (Wildman–Crippen MR) is 147 cm³/mol. The number of carboxylic acid groups (broad SMARTS) is 1. The minimum Gasteiger partial charge on any atom is -0.497 e. The Balaban J connectivity index is 1.78. The highest BCUT2D eigenvalue weighted by atomic mass is 16.5. The van der Waals surface area contributed by atoms with Crippen LogP contribution in [0.2, 0.25) is 0 Å². The van der Waals surface area contributed by atoms with Gasteiger partial charge in [-0.05, 0) is 53.8 Å². The first-order valence-corrected chi connectivity index (χ1v) is 12.8. The number of hydrogen-bond acceptors (Lipinski definition) is 5. The van der Waals surface area contributed by atoms with Crippen molar-refractivity contribution in [1.82, 2.24) is 9.55 Å². The van der Waals surface area contributed by atoms with E-state index >= 15 is 0 Å². The lowest BCUT2D eigenvalue weighted by atomic mass is 9.97. The molecule has 0 aliphatic carbocycles. The smallest absolute Gasteiger partial charge is 0.349 e. The molecule has 8 nitrogen and oxygen atoms in total. The normalized spacial score (nSPS) is 11.9. The molecule has 0 aliphatic heterocycles. The topological polar surface area (TPSA) is 103 Å². The highest BCUT2D eigenvalue weighted by molar-refractivity contribution is 5.76. The summed E-state index contributed by atoms with van der Waals surface area (Å²) in [6.45, 7) is 4.54. The average Bonchev–Trinajstić information content (AvgIpc) is 3.22. The Bertz CT molecular complexity index is 1440. The van der Waals surface area contributed by atoms with Gasteiger partial charge in [-0.1, -0.05) is 51.0 Å². The molecule has 1 atom stereocenters. The first kappa shape index (κ1) is 26.9. The molecule has 0 saturated heterocycles. The second-order valence-electron chi connectivity index (χ2n) is 9.26. The summed E-state index contributed by atoms with van der Waals surface area (Å²) >= 11 is 0. The third-order valence-electron chi connectivity index (χ3n) is 6.50. The molecule has 0 amide bonds. The Morgan fingerprint density at radius 1 is 0.947 bits per heavy atom. The fourth-order valence-electron chi connectivity index (χ4n) is 4.79. The van der Waals surface area contributed by atoms with Gasteiger partial charge in [-0.3, -0.25) is 4.57 Å². The Morgan fingerprint density at radius 2 is 1.55 bits per heavy atom. The van der Waals surface area contributed by atoms with E-state index in [0.29, 0.717) is 42.2 Å². The van der Waals surface area contributed by atoms with E-state index in [-0.39, 0.29) is 5.69 Å². The van der Waals surface area contributed by atoms with Gasteiger partial charge in [-0.2, -0.15) is 0 Å². The molecule has 38 heavy (non-hydrogen) atoms. The van der Waals surface area contributed by atoms with Crippen LogP contribution in [0, 0.1) is 0 Å². The predicted octanol–water partition coefficient (Wildman–Crippen LogP) is 5.50. The van der Waals surface area contributed by atoms with Crippen LogP contribution in [0.4, 0.5) is 0 Å². The summed E-state index contributed by atoms with van der Waals surface area (Å²) in [4.78, 5) is 28.1. The van der Waals surface area contributed by atoms with Crippen LogP contribution in [0.15, 0.2) is 59.4 Å². The molecule has 0 aliphatic rings. The van der Waals surface area contributed by atoms with Crippen molar-refractivity contribution >= 4 is 17.0 Å². The molecule has 8 heteroatoms. The minimum absolute atomic E-state index is 0.168. The van der Waals surface area contributed by atoms with Gasteiger partial charge in [0.1, 0.15) is 17.2 Å². The second kappa shape index (κ2) is 11.9. The van der Waals surface area contributed by atoms with E-state index in [1.54, 1.807) is 22.8 Å². The molecule has 1 heterocycles. The summed E-state index contributed by atoms with van der Waals surface area (Å²) in [5, 5.41) is 10.2. The van der Waals surface area contributed by atoms with Gasteiger partial charge in [0.15, 0.2) is 0 Å². The van der Waals surface area contributed by atoms with Crippen LogP contribution in [-0.2, 0) is 24.2 Å². The number of rotatable bonds is 12. The summed E-state index contributed by atoms with van der Waals surface area (Å²) in [5.74, 6) is 0.435. The van der Waals surface area contributed by atoms with Gasteiger partial charge in [0, 0.05) is 11.6 Å². The van der Waals surface area contributed by atoms with Gasteiger partial charge in [0.25, 0.3) is 0 Å². The summed E-state index contributed by atoms with van der Waals surface area (Å²) in [6, 6.07) is 16.6. The first-order chi connectivity index (χ1) is 18.4. The Morgan fingerprint density at radius 3 is 2.11 bits per heavy atom. The van der Waals surface area contributed by atoms with E-state index in [1.165, 1.54) is 14.2 Å². The average molecular weight is 519 g/mol. The standard InChI is InChI=1S/C30H34N2O6/c1-5-9-20-13-19(18-32-26-12-8-7-11-25(26)31-30(32)35)14-21(10-6-2)27(20)38-28(29(33)34)22-15-23(36-3)17-24(16-22)37-4/h7-8,11-17,28H,5-6,9-10,18H2,1-4H3,(H,31,35)(H,33,34). The number of aliphatic carboxylic acids is 1. The molecule has 0 radical (unpaired) electrons. The van der Waals surface area contributed by atoms with Crippen LogP contribution >= 0.6 is 0 Å². The Hall–Kier alpha value is -4.20. The molecule has 0 bridgehead atoms. The van der Waals surface area contributed by atoms with E-state index in [4.69, 9.17) is 14.2 Å². The van der Waals surface area contributed by atoms with Crippen molar-refractivity contribution in [3.63, 3.8) is 0 Å². The molecule has 4 rings (SSSR count). The van der Waals surface area contributed by atoms with Crippen LogP contribution in [0.1, 0.15) is 55.0 Å². The molecule has 0 fully saturated rings. The number of ether oxygens (including phenoxy) is 3. The van der Waals surface area contributed by atoms with Gasteiger partial charge in [0.2, 0.25) is 6.10 Å². The van der Waals surface area contributed by atoms with Crippen LogP contribution < -0.4 is 19.9 Å². The molecule has 2 N–H and O–H groups in total. The summed E-state index contributed by atoms with van der Waals surface area (Å²) < 4.78 is 18.7. The quantitative estimate of drug-likeness (QED) is 0.257. The number of fused-ring (bicyclic) bond motifs is 1. The number of nitrogens with one attached hydrogen (secondary N) is 1. The third kappa shape index (κ3) is 5.69. The zero-order valence-corrected chi connectivity index (χ0v) is 22.2. The van der Waals surface area contributed by atoms with E-state index in [9.17, 15) is 14.7 Å². The number of carbonyl (C=O) groups is 1. The zero-order valence-electron chi connectivity index (χ0n) is 22.2. The molecule has 200 valence electrons. The van der Waals surface area contributed by atoms with E-state index in [2.05, 4.69) is 18.8 Å². The van der Waals surface area contributed by atoms with Crippen molar-refractivity contribution in [2.45, 2.75) is 52.2 Å². The number of para-hydroxylation sites is 2. The molecule has 3 aromatic carbocycles. The number of hydrogen-bond donors (Lipinski definition) is 2. The lowest BCUT2D eigenvalue weighted by molar-refractivity contribution is -0.145. The summed E-state index contributed by atoms with van der Waals surface area (Å²) in [7, 11) is 3.04. The molecule has 1 aromatic heterocycles. The number of H-pyrrole nitrogens is 1. The lowest BCUT2D eigenvalue weighted by Gasteiger charge is -2.23. The van der Waals surface area contributed by atoms with Gasteiger partial charge in [0.05, 0.1) is 31.8 Å². The maximum absolute atomic E-state index is 12.7. The molecule has 1 unspecified atom stereocenters. The number of methoxy groups -OCH3 is 2. The highest BCUT2D eigenvalue weighted by Crippen LogP contribution is 2.35. The SMILES string of the molecule is CCCc1cc(Cn2c(=O)[nH]c3ccccc32)cc(CCC)c1OC(C(=O)O)c1cc(OC)cc(OC)c1. The number of aryl methyl sites for hydroxylation is 2. The van der Waals surface area contributed by atoms with Crippen LogP contribution in [-0.4, -0.2) is 34.8 Å². The lowest BCUT2D eigenvalue weighted by Crippen LogP contribution is -2.20. The number of aromatic nitrogens is 2. The zero-order chi connectivity index (χ0) is 27.2. The van der Waals surface area contributed by atoms with Crippen molar-refractivity contribution in [2.24, 2.45) is 0 Å². The van der Waals surface area contributed by atoms with Crippen molar-refractivity contribution in [3.8, 4) is 17.2 Å². The van der Waals surface area contributed by atoms with Gasteiger partial charge < -0.3 is 24.3 Å². The number of carboxylic acids is 1. The van der Waals surface area contributed by atoms with Crippen molar-refractivity contribution in [1.29, 1.82) is 0 Å². The summed E-state index contributed by atoms with van der Waals surface area (Å²) in [6.07, 6.45) is 1.85. The maximum atomic E-state index is 12.7. The van der Waals surface area contributed by atoms with Crippen LogP contribution in [0.5, 0.6) is 17.2 Å². The number of imidazole rings is 1. The number of aromatic amines is 1. The summed E-state index contributed by atoms with van der Waals surface area (Å²) in [5.41, 5.74) is 4.69. The van der Waals surface area contributed by atoms with Crippen molar-refractivity contribution in [3.05, 3.63) is 87.3 Å². The molecule has 4 aromatic rings. The van der Waals surface area contributed by atoms with Gasteiger partial charge >= 0.3 is 11.7 Å². The van der Waals surface area contributed by atoms with Crippen molar-refractivity contribution < 1.29 is 24.1 Å². The van der Waals surface area contributed by atoms with Crippen LogP contribution in [0.3, 0.4) is 0 Å². The highest BCUT2D eigenvalue weighted by Gasteiger charge is 2.26. The fourth-order valence-corrected chi connectivity index (χ4v) is 4.79. The monoisotopic (exact) mass is 518 g/mol. The Kier molecular flexibility index (Phi) is 8.41.